The fourth-order valence-corrected chi connectivity index (χ4v) is 3.54. The normalized spacial score (nSPS) is 30.3. The summed E-state index contributed by atoms with van der Waals surface area (Å²) in [5, 5.41) is 3.79. The van der Waals surface area contributed by atoms with E-state index in [1.54, 1.807) is 7.11 Å². The molecule has 0 radical (unpaired) electrons. The Morgan fingerprint density at radius 3 is 2.90 bits per heavy atom. The average molecular weight is 288 g/mol. The van der Waals surface area contributed by atoms with Crippen molar-refractivity contribution in [1.29, 1.82) is 0 Å². The molecular weight excluding hydrogens is 260 g/mol. The van der Waals surface area contributed by atoms with Gasteiger partial charge in [0.1, 0.15) is 5.75 Å². The quantitative estimate of drug-likeness (QED) is 0.901. The number of nitrogens with zero attached hydrogens (tertiary/aromatic N) is 1. The van der Waals surface area contributed by atoms with E-state index < -0.39 is 0 Å². The van der Waals surface area contributed by atoms with Gasteiger partial charge in [0, 0.05) is 31.2 Å². The monoisotopic (exact) mass is 288 g/mol. The van der Waals surface area contributed by atoms with Gasteiger partial charge < -0.3 is 10.1 Å². The molecule has 1 saturated heterocycles. The minimum absolute atomic E-state index is 0.334. The van der Waals surface area contributed by atoms with Crippen LogP contribution in [0.2, 0.25) is 0 Å². The molecule has 1 aromatic carbocycles. The number of benzene rings is 1. The summed E-state index contributed by atoms with van der Waals surface area (Å²) in [6.07, 6.45) is 3.91. The molecule has 116 valence electrons. The summed E-state index contributed by atoms with van der Waals surface area (Å²) in [7, 11) is 1.73. The smallest absolute Gasteiger partial charge is 0.119 e. The number of nitrogens with one attached hydrogen (secondary N) is 1. The number of hydrogen-bond acceptors (Lipinski definition) is 3. The summed E-state index contributed by atoms with van der Waals surface area (Å²) in [6.45, 7) is 8.19. The van der Waals surface area contributed by atoms with E-state index in [1.165, 1.54) is 24.9 Å². The van der Waals surface area contributed by atoms with E-state index in [-0.39, 0.29) is 0 Å². The van der Waals surface area contributed by atoms with Crippen LogP contribution in [0.5, 0.6) is 5.75 Å². The van der Waals surface area contributed by atoms with E-state index in [0.29, 0.717) is 11.6 Å². The van der Waals surface area contributed by atoms with Gasteiger partial charge in [-0.05, 0) is 56.7 Å². The summed E-state index contributed by atoms with van der Waals surface area (Å²) >= 11 is 0. The standard InChI is InChI=1S/C18H28N2O/c1-14-12-19-18(2,16-7-8-16)13-20(14)10-9-15-5-4-6-17(11-15)21-3/h4-6,11,14,16,19H,7-10,12-13H2,1-3H3. The van der Waals surface area contributed by atoms with Crippen LogP contribution in [0.25, 0.3) is 0 Å². The number of rotatable bonds is 5. The summed E-state index contributed by atoms with van der Waals surface area (Å²) < 4.78 is 5.32. The number of piperazine rings is 1. The van der Waals surface area contributed by atoms with Gasteiger partial charge in [0.15, 0.2) is 0 Å². The second-order valence-corrected chi connectivity index (χ2v) is 6.99. The van der Waals surface area contributed by atoms with E-state index in [9.17, 15) is 0 Å². The van der Waals surface area contributed by atoms with E-state index in [1.807, 2.05) is 6.07 Å². The van der Waals surface area contributed by atoms with Gasteiger partial charge in [-0.25, -0.2) is 0 Å². The van der Waals surface area contributed by atoms with Crippen molar-refractivity contribution >= 4 is 0 Å². The van der Waals surface area contributed by atoms with Gasteiger partial charge in [-0.15, -0.1) is 0 Å². The van der Waals surface area contributed by atoms with Crippen LogP contribution < -0.4 is 10.1 Å². The zero-order valence-electron chi connectivity index (χ0n) is 13.6. The van der Waals surface area contributed by atoms with Crippen LogP contribution >= 0.6 is 0 Å². The molecule has 21 heavy (non-hydrogen) atoms. The molecule has 1 aliphatic carbocycles. The molecule has 0 aromatic heterocycles. The van der Waals surface area contributed by atoms with Crippen molar-refractivity contribution in [3.63, 3.8) is 0 Å². The van der Waals surface area contributed by atoms with Gasteiger partial charge in [-0.3, -0.25) is 4.90 Å². The summed E-state index contributed by atoms with van der Waals surface area (Å²) in [5.74, 6) is 1.85. The average Bonchev–Trinajstić information content (AvgIpc) is 3.34. The SMILES string of the molecule is COc1cccc(CCN2CC(C)(C3CC3)NCC2C)c1. The maximum Gasteiger partial charge on any atom is 0.119 e. The summed E-state index contributed by atoms with van der Waals surface area (Å²) in [4.78, 5) is 2.66. The Hall–Kier alpha value is -1.06. The first-order chi connectivity index (χ1) is 10.1. The first-order valence-electron chi connectivity index (χ1n) is 8.23. The maximum absolute atomic E-state index is 5.32. The van der Waals surface area contributed by atoms with Crippen molar-refractivity contribution in [2.24, 2.45) is 5.92 Å². The highest BCUT2D eigenvalue weighted by Crippen LogP contribution is 2.41. The Morgan fingerprint density at radius 1 is 1.38 bits per heavy atom. The van der Waals surface area contributed by atoms with Crippen LogP contribution in [0.1, 0.15) is 32.3 Å². The summed E-state index contributed by atoms with van der Waals surface area (Å²) in [5.41, 5.74) is 1.70. The van der Waals surface area contributed by atoms with Gasteiger partial charge in [-0.2, -0.15) is 0 Å². The lowest BCUT2D eigenvalue weighted by Gasteiger charge is -2.45. The predicted octanol–water partition coefficient (Wildman–Crippen LogP) is 2.70. The third-order valence-corrected chi connectivity index (χ3v) is 5.26. The zero-order chi connectivity index (χ0) is 14.9. The minimum Gasteiger partial charge on any atom is -0.497 e. The highest BCUT2D eigenvalue weighted by molar-refractivity contribution is 5.28. The van der Waals surface area contributed by atoms with E-state index in [2.05, 4.69) is 42.3 Å². The van der Waals surface area contributed by atoms with Crippen LogP contribution in [0.4, 0.5) is 0 Å². The lowest BCUT2D eigenvalue weighted by molar-refractivity contribution is 0.0844. The topological polar surface area (TPSA) is 24.5 Å². The molecule has 1 aromatic rings. The maximum atomic E-state index is 5.32. The lowest BCUT2D eigenvalue weighted by atomic mass is 9.91. The van der Waals surface area contributed by atoms with Crippen molar-refractivity contribution in [2.45, 2.75) is 44.7 Å². The largest absolute Gasteiger partial charge is 0.497 e. The van der Waals surface area contributed by atoms with Gasteiger partial charge in [-0.1, -0.05) is 12.1 Å². The van der Waals surface area contributed by atoms with Crippen molar-refractivity contribution in [1.82, 2.24) is 10.2 Å². The first-order valence-corrected chi connectivity index (χ1v) is 8.23. The van der Waals surface area contributed by atoms with E-state index in [0.717, 1.165) is 31.2 Å². The summed E-state index contributed by atoms with van der Waals surface area (Å²) in [6, 6.07) is 9.09. The van der Waals surface area contributed by atoms with Gasteiger partial charge in [0.05, 0.1) is 7.11 Å². The molecule has 3 rings (SSSR count). The van der Waals surface area contributed by atoms with Gasteiger partial charge in [0.25, 0.3) is 0 Å². The Kier molecular flexibility index (Phi) is 4.23. The van der Waals surface area contributed by atoms with Crippen LogP contribution in [0.3, 0.4) is 0 Å². The Morgan fingerprint density at radius 2 is 2.19 bits per heavy atom. The second-order valence-electron chi connectivity index (χ2n) is 6.99. The minimum atomic E-state index is 0.334. The van der Waals surface area contributed by atoms with E-state index in [4.69, 9.17) is 4.74 Å². The fourth-order valence-electron chi connectivity index (χ4n) is 3.54. The first kappa shape index (κ1) is 14.9. The molecule has 2 aliphatic rings. The van der Waals surface area contributed by atoms with Crippen molar-refractivity contribution in [3.8, 4) is 5.75 Å². The fraction of sp³-hybridized carbons (Fsp3) is 0.667. The molecule has 1 aliphatic heterocycles. The van der Waals surface area contributed by atoms with E-state index >= 15 is 0 Å². The third-order valence-electron chi connectivity index (χ3n) is 5.26. The molecule has 0 amide bonds. The highest BCUT2D eigenvalue weighted by atomic mass is 16.5. The molecule has 3 nitrogen and oxygen atoms in total. The van der Waals surface area contributed by atoms with Crippen molar-refractivity contribution < 1.29 is 4.74 Å². The molecule has 0 bridgehead atoms. The van der Waals surface area contributed by atoms with Crippen molar-refractivity contribution in [2.75, 3.05) is 26.7 Å². The molecule has 2 unspecified atom stereocenters. The number of methoxy groups -OCH3 is 1. The second kappa shape index (κ2) is 5.98. The molecule has 1 saturated carbocycles. The van der Waals surface area contributed by atoms with Crippen LogP contribution in [0.15, 0.2) is 24.3 Å². The molecule has 1 N–H and O–H groups in total. The van der Waals surface area contributed by atoms with Gasteiger partial charge in [0.2, 0.25) is 0 Å². The molecular formula is C18H28N2O. The molecule has 0 spiro atoms. The highest BCUT2D eigenvalue weighted by Gasteiger charge is 2.45. The number of ether oxygens (including phenoxy) is 1. The molecule has 1 heterocycles. The number of hydrogen-bond donors (Lipinski definition) is 1. The Bertz CT molecular complexity index is 486. The molecule has 2 fully saturated rings. The lowest BCUT2D eigenvalue weighted by Crippen LogP contribution is -2.63. The Labute approximate surface area is 128 Å². The molecule has 3 heteroatoms. The Balaban J connectivity index is 1.60. The van der Waals surface area contributed by atoms with Gasteiger partial charge >= 0.3 is 0 Å². The molecule has 2 atom stereocenters. The van der Waals surface area contributed by atoms with Crippen LogP contribution in [0, 0.1) is 5.92 Å². The van der Waals surface area contributed by atoms with Crippen LogP contribution in [-0.2, 0) is 6.42 Å². The van der Waals surface area contributed by atoms with Crippen LogP contribution in [-0.4, -0.2) is 43.2 Å². The van der Waals surface area contributed by atoms with Crippen molar-refractivity contribution in [3.05, 3.63) is 29.8 Å². The zero-order valence-corrected chi connectivity index (χ0v) is 13.6. The predicted molar refractivity (Wildman–Crippen MR) is 86.9 cm³/mol. The third kappa shape index (κ3) is 3.41.